The van der Waals surface area contributed by atoms with Crippen molar-refractivity contribution in [2.24, 2.45) is 23.2 Å². The van der Waals surface area contributed by atoms with Crippen LogP contribution in [0.15, 0.2) is 4.47 Å². The molecular formula is C15H19BrN4O3. The SMILES string of the molecule is O=C(NCC12CC3CC(CC(C3)C1)C2)c1n[nH]c([N+](=O)[O-])c1Br. The lowest BCUT2D eigenvalue weighted by atomic mass is 9.49. The number of nitrogens with zero attached hydrogens (tertiary/aromatic N) is 2. The average molecular weight is 383 g/mol. The Bertz CT molecular complexity index is 636. The Morgan fingerprint density at radius 3 is 2.35 bits per heavy atom. The van der Waals surface area contributed by atoms with Crippen molar-refractivity contribution in [3.63, 3.8) is 0 Å². The maximum Gasteiger partial charge on any atom is 0.357 e. The van der Waals surface area contributed by atoms with Crippen LogP contribution in [0.3, 0.4) is 0 Å². The second kappa shape index (κ2) is 5.29. The number of carbonyl (C=O) groups excluding carboxylic acids is 1. The highest BCUT2D eigenvalue weighted by atomic mass is 79.9. The fraction of sp³-hybridized carbons (Fsp3) is 0.733. The van der Waals surface area contributed by atoms with Crippen molar-refractivity contribution in [3.05, 3.63) is 20.3 Å². The van der Waals surface area contributed by atoms with Crippen LogP contribution in [0.25, 0.3) is 0 Å². The summed E-state index contributed by atoms with van der Waals surface area (Å²) < 4.78 is 0.116. The molecule has 5 rings (SSSR count). The molecule has 1 heterocycles. The van der Waals surface area contributed by atoms with E-state index in [0.717, 1.165) is 17.8 Å². The van der Waals surface area contributed by atoms with Gasteiger partial charge in [-0.3, -0.25) is 4.79 Å². The molecule has 1 aromatic rings. The van der Waals surface area contributed by atoms with Crippen molar-refractivity contribution in [2.45, 2.75) is 38.5 Å². The minimum atomic E-state index is -0.590. The summed E-state index contributed by atoms with van der Waals surface area (Å²) in [6.45, 7) is 0.655. The molecule has 4 aliphatic carbocycles. The first-order valence-corrected chi connectivity index (χ1v) is 8.91. The molecule has 0 saturated heterocycles. The fourth-order valence-electron chi connectivity index (χ4n) is 5.45. The van der Waals surface area contributed by atoms with E-state index in [2.05, 4.69) is 31.4 Å². The van der Waals surface area contributed by atoms with Crippen LogP contribution in [-0.2, 0) is 0 Å². The van der Waals surface area contributed by atoms with E-state index in [1.807, 2.05) is 0 Å². The molecule has 0 spiro atoms. The van der Waals surface area contributed by atoms with Crippen molar-refractivity contribution in [2.75, 3.05) is 6.54 Å². The predicted octanol–water partition coefficient (Wildman–Crippen LogP) is 3.03. The van der Waals surface area contributed by atoms with Gasteiger partial charge >= 0.3 is 5.82 Å². The van der Waals surface area contributed by atoms with Crippen LogP contribution in [0, 0.1) is 33.3 Å². The maximum absolute atomic E-state index is 12.3. The minimum absolute atomic E-state index is 0.0569. The second-order valence-electron chi connectivity index (χ2n) is 7.59. The Morgan fingerprint density at radius 1 is 1.30 bits per heavy atom. The molecule has 0 radical (unpaired) electrons. The van der Waals surface area contributed by atoms with Crippen molar-refractivity contribution >= 4 is 27.7 Å². The zero-order valence-corrected chi connectivity index (χ0v) is 14.3. The number of H-pyrrole nitrogens is 1. The summed E-state index contributed by atoms with van der Waals surface area (Å²) in [6, 6.07) is 0. The molecule has 4 saturated carbocycles. The highest BCUT2D eigenvalue weighted by Crippen LogP contribution is 2.59. The number of nitro groups is 1. The Hall–Kier alpha value is -1.44. The van der Waals surface area contributed by atoms with E-state index in [1.54, 1.807) is 0 Å². The van der Waals surface area contributed by atoms with E-state index in [9.17, 15) is 14.9 Å². The third-order valence-electron chi connectivity index (χ3n) is 5.88. The van der Waals surface area contributed by atoms with Gasteiger partial charge in [-0.05, 0) is 82.5 Å². The molecule has 7 nitrogen and oxygen atoms in total. The summed E-state index contributed by atoms with van der Waals surface area (Å²) in [5, 5.41) is 19.9. The standard InChI is InChI=1S/C15H19BrN4O3/c16-11-12(18-19-13(11)20(22)23)14(21)17-7-15-4-8-1-9(5-15)3-10(2-8)6-15/h8-10H,1-7H2,(H,17,21)(H,18,19). The zero-order valence-electron chi connectivity index (χ0n) is 12.7. The molecule has 1 amide bonds. The third kappa shape index (κ3) is 2.56. The number of aromatic nitrogens is 2. The van der Waals surface area contributed by atoms with Crippen molar-refractivity contribution in [3.8, 4) is 0 Å². The van der Waals surface area contributed by atoms with Gasteiger partial charge in [-0.2, -0.15) is 0 Å². The first-order chi connectivity index (χ1) is 11.0. The average Bonchev–Trinajstić information content (AvgIpc) is 2.85. The summed E-state index contributed by atoms with van der Waals surface area (Å²) in [5.41, 5.74) is 0.292. The number of hydrogen-bond donors (Lipinski definition) is 2. The summed E-state index contributed by atoms with van der Waals surface area (Å²) in [7, 11) is 0. The van der Waals surface area contributed by atoms with Crippen LogP contribution in [-0.4, -0.2) is 27.6 Å². The number of amides is 1. The van der Waals surface area contributed by atoms with Gasteiger partial charge in [-0.1, -0.05) is 5.10 Å². The molecule has 23 heavy (non-hydrogen) atoms. The van der Waals surface area contributed by atoms with E-state index >= 15 is 0 Å². The molecule has 8 heteroatoms. The van der Waals surface area contributed by atoms with Gasteiger partial charge in [0.1, 0.15) is 4.47 Å². The molecule has 2 N–H and O–H groups in total. The fourth-order valence-corrected chi connectivity index (χ4v) is 5.95. The van der Waals surface area contributed by atoms with Gasteiger partial charge in [-0.25, -0.2) is 0 Å². The lowest BCUT2D eigenvalue weighted by molar-refractivity contribution is -0.390. The Kier molecular flexibility index (Phi) is 3.48. The maximum atomic E-state index is 12.3. The molecule has 0 aliphatic heterocycles. The molecular weight excluding hydrogens is 364 g/mol. The van der Waals surface area contributed by atoms with Crippen LogP contribution < -0.4 is 5.32 Å². The summed E-state index contributed by atoms with van der Waals surface area (Å²) in [6.07, 6.45) is 7.72. The molecule has 4 aliphatic rings. The summed E-state index contributed by atoms with van der Waals surface area (Å²) in [4.78, 5) is 22.6. The summed E-state index contributed by atoms with van der Waals surface area (Å²) >= 11 is 3.09. The van der Waals surface area contributed by atoms with Crippen molar-refractivity contribution in [1.29, 1.82) is 0 Å². The summed E-state index contributed by atoms with van der Waals surface area (Å²) in [5.74, 6) is 1.85. The van der Waals surface area contributed by atoms with Crippen LogP contribution in [0.4, 0.5) is 5.82 Å². The highest BCUT2D eigenvalue weighted by molar-refractivity contribution is 9.10. The monoisotopic (exact) mass is 382 g/mol. The van der Waals surface area contributed by atoms with Gasteiger partial charge in [0.25, 0.3) is 5.91 Å². The Morgan fingerprint density at radius 2 is 1.87 bits per heavy atom. The molecule has 124 valence electrons. The van der Waals surface area contributed by atoms with Crippen LogP contribution in [0.1, 0.15) is 49.0 Å². The van der Waals surface area contributed by atoms with Crippen molar-refractivity contribution < 1.29 is 9.72 Å². The number of halogens is 1. The second-order valence-corrected chi connectivity index (χ2v) is 8.39. The molecule has 1 aromatic heterocycles. The van der Waals surface area contributed by atoms with Crippen LogP contribution >= 0.6 is 15.9 Å². The number of nitrogens with one attached hydrogen (secondary N) is 2. The normalized spacial score (nSPS) is 34.6. The van der Waals surface area contributed by atoms with Gasteiger partial charge in [0.05, 0.1) is 0 Å². The number of hydrogen-bond acceptors (Lipinski definition) is 4. The first-order valence-electron chi connectivity index (χ1n) is 8.12. The Labute approximate surface area is 141 Å². The minimum Gasteiger partial charge on any atom is -0.358 e. The van der Waals surface area contributed by atoms with E-state index in [-0.39, 0.29) is 27.3 Å². The Balaban J connectivity index is 1.45. The lowest BCUT2D eigenvalue weighted by Gasteiger charge is -2.56. The zero-order chi connectivity index (χ0) is 16.2. The van der Waals surface area contributed by atoms with E-state index < -0.39 is 4.92 Å². The third-order valence-corrected chi connectivity index (χ3v) is 6.63. The lowest BCUT2D eigenvalue weighted by Crippen LogP contribution is -2.51. The topological polar surface area (TPSA) is 101 Å². The van der Waals surface area contributed by atoms with Gasteiger partial charge < -0.3 is 15.4 Å². The highest BCUT2D eigenvalue weighted by Gasteiger charge is 2.50. The smallest absolute Gasteiger partial charge is 0.357 e. The molecule has 0 aromatic carbocycles. The van der Waals surface area contributed by atoms with Gasteiger partial charge in [0, 0.05) is 6.54 Å². The predicted molar refractivity (Wildman–Crippen MR) is 85.9 cm³/mol. The van der Waals surface area contributed by atoms with Crippen molar-refractivity contribution in [1.82, 2.24) is 15.5 Å². The molecule has 4 bridgehead atoms. The molecule has 0 unspecified atom stereocenters. The number of rotatable bonds is 4. The van der Waals surface area contributed by atoms with Crippen LogP contribution in [0.5, 0.6) is 0 Å². The van der Waals surface area contributed by atoms with Gasteiger partial charge in [-0.15, -0.1) is 5.10 Å². The van der Waals surface area contributed by atoms with E-state index in [1.165, 1.54) is 38.5 Å². The van der Waals surface area contributed by atoms with Gasteiger partial charge in [0.2, 0.25) is 0 Å². The molecule has 0 atom stereocenters. The van der Waals surface area contributed by atoms with Crippen LogP contribution in [0.2, 0.25) is 0 Å². The number of aromatic amines is 1. The largest absolute Gasteiger partial charge is 0.358 e. The van der Waals surface area contributed by atoms with E-state index in [4.69, 9.17) is 0 Å². The number of carbonyl (C=O) groups is 1. The quantitative estimate of drug-likeness (QED) is 0.616. The van der Waals surface area contributed by atoms with E-state index in [0.29, 0.717) is 6.54 Å². The molecule has 4 fully saturated rings. The first kappa shape index (κ1) is 15.1. The van der Waals surface area contributed by atoms with Gasteiger partial charge in [0.15, 0.2) is 5.69 Å².